The van der Waals surface area contributed by atoms with Crippen LogP contribution in [0, 0.1) is 0 Å². The van der Waals surface area contributed by atoms with Crippen molar-refractivity contribution in [2.24, 2.45) is 0 Å². The number of hydrogen-bond donors (Lipinski definition) is 2. The van der Waals surface area contributed by atoms with E-state index in [0.717, 1.165) is 30.5 Å². The number of benzene rings is 2. The number of urea groups is 1. The lowest BCUT2D eigenvalue weighted by Gasteiger charge is -2.34. The predicted molar refractivity (Wildman–Crippen MR) is 139 cm³/mol. The molecule has 0 radical (unpaired) electrons. The van der Waals surface area contributed by atoms with Crippen molar-refractivity contribution in [1.82, 2.24) is 19.8 Å². The number of nitrogens with one attached hydrogen (secondary N) is 2. The third-order valence-electron chi connectivity index (χ3n) is 7.47. The van der Waals surface area contributed by atoms with E-state index in [0.29, 0.717) is 55.4 Å². The van der Waals surface area contributed by atoms with Gasteiger partial charge in [0.2, 0.25) is 5.95 Å². The normalized spacial score (nSPS) is 21.3. The number of hydrogen-bond acceptors (Lipinski definition) is 5. The molecule has 3 aromatic rings. The molecule has 4 amide bonds. The van der Waals surface area contributed by atoms with Gasteiger partial charge in [-0.05, 0) is 56.5 Å². The molecule has 3 aliphatic rings. The van der Waals surface area contributed by atoms with Crippen LogP contribution in [0.2, 0.25) is 0 Å². The van der Waals surface area contributed by atoms with Crippen LogP contribution in [0.1, 0.15) is 52.9 Å². The molecule has 10 nitrogen and oxygen atoms in total. The zero-order valence-corrected chi connectivity index (χ0v) is 20.8. The number of rotatable bonds is 2. The van der Waals surface area contributed by atoms with Gasteiger partial charge in [-0.15, -0.1) is 0 Å². The van der Waals surface area contributed by atoms with E-state index in [4.69, 9.17) is 9.72 Å². The summed E-state index contributed by atoms with van der Waals surface area (Å²) in [4.78, 5) is 47.7. The first-order valence-corrected chi connectivity index (χ1v) is 12.9. The van der Waals surface area contributed by atoms with Crippen molar-refractivity contribution in [3.63, 3.8) is 0 Å². The summed E-state index contributed by atoms with van der Waals surface area (Å²) in [7, 11) is 0. The molecule has 2 fully saturated rings. The molecule has 4 heterocycles. The van der Waals surface area contributed by atoms with E-state index in [-0.39, 0.29) is 29.9 Å². The highest BCUT2D eigenvalue weighted by molar-refractivity contribution is 6.07. The highest BCUT2D eigenvalue weighted by Gasteiger charge is 2.39. The minimum absolute atomic E-state index is 0.000247. The van der Waals surface area contributed by atoms with E-state index in [9.17, 15) is 14.4 Å². The molecule has 37 heavy (non-hydrogen) atoms. The van der Waals surface area contributed by atoms with Gasteiger partial charge in [0.1, 0.15) is 0 Å². The molecule has 1 aromatic heterocycles. The van der Waals surface area contributed by atoms with Gasteiger partial charge in [-0.3, -0.25) is 19.8 Å². The molecule has 2 saturated heterocycles. The van der Waals surface area contributed by atoms with Crippen molar-refractivity contribution in [3.05, 3.63) is 53.6 Å². The van der Waals surface area contributed by atoms with Gasteiger partial charge in [0.05, 0.1) is 36.0 Å². The van der Waals surface area contributed by atoms with Crippen LogP contribution in [0.15, 0.2) is 42.5 Å². The quantitative estimate of drug-likeness (QED) is 0.558. The van der Waals surface area contributed by atoms with Crippen LogP contribution in [-0.4, -0.2) is 71.2 Å². The summed E-state index contributed by atoms with van der Waals surface area (Å²) in [6.07, 6.45) is 2.54. The molecule has 0 saturated carbocycles. The number of carbonyl (C=O) groups excluding carboxylic acids is 3. The molecule has 2 aromatic carbocycles. The first kappa shape index (κ1) is 23.5. The number of amides is 4. The molecule has 1 atom stereocenters. The average molecular weight is 503 g/mol. The number of anilines is 2. The predicted octanol–water partition coefficient (Wildman–Crippen LogP) is 3.40. The van der Waals surface area contributed by atoms with Crippen molar-refractivity contribution in [1.29, 1.82) is 0 Å². The van der Waals surface area contributed by atoms with Crippen LogP contribution in [0.5, 0.6) is 0 Å². The van der Waals surface area contributed by atoms with Gasteiger partial charge in [-0.2, -0.15) is 0 Å². The molecule has 10 heteroatoms. The van der Waals surface area contributed by atoms with Gasteiger partial charge in [0.25, 0.3) is 11.8 Å². The Bertz CT molecular complexity index is 1380. The molecular formula is C27H30N6O4. The van der Waals surface area contributed by atoms with Gasteiger partial charge in [0, 0.05) is 36.8 Å². The Labute approximate surface area is 214 Å². The first-order chi connectivity index (χ1) is 18.0. The fourth-order valence-corrected chi connectivity index (χ4v) is 5.36. The summed E-state index contributed by atoms with van der Waals surface area (Å²) in [5.41, 5.74) is 3.17. The average Bonchev–Trinajstić information content (AvgIpc) is 3.42. The highest BCUT2D eigenvalue weighted by Crippen LogP contribution is 2.36. The van der Waals surface area contributed by atoms with E-state index in [1.54, 1.807) is 24.3 Å². The number of imidazole rings is 1. The summed E-state index contributed by atoms with van der Waals surface area (Å²) in [5, 5.41) is 5.93. The van der Waals surface area contributed by atoms with Gasteiger partial charge in [-0.25, -0.2) is 9.78 Å². The minimum Gasteiger partial charge on any atom is -0.377 e. The number of para-hydroxylation sites is 1. The smallest absolute Gasteiger partial charge is 0.325 e. The second kappa shape index (κ2) is 9.51. The maximum atomic E-state index is 13.4. The summed E-state index contributed by atoms with van der Waals surface area (Å²) in [5.74, 6) is -0.0948. The SMILES string of the molecule is C[C@@H]1CCCCNC(=O)c2cccc(c2)C(=O)Nc2nc3cccc(N4CCN(C5COC5)C4=O)c3n21. The minimum atomic E-state index is -0.342. The zero-order valence-electron chi connectivity index (χ0n) is 20.8. The largest absolute Gasteiger partial charge is 0.377 e. The summed E-state index contributed by atoms with van der Waals surface area (Å²) in [6, 6.07) is 12.6. The zero-order chi connectivity index (χ0) is 25.5. The number of fused-ring (bicyclic) bond motifs is 5. The molecule has 0 unspecified atom stereocenters. The van der Waals surface area contributed by atoms with Gasteiger partial charge in [0.15, 0.2) is 0 Å². The molecule has 192 valence electrons. The van der Waals surface area contributed by atoms with Crippen molar-refractivity contribution in [2.75, 3.05) is 43.1 Å². The fourth-order valence-electron chi connectivity index (χ4n) is 5.36. The van der Waals surface area contributed by atoms with Crippen LogP contribution in [0.4, 0.5) is 16.4 Å². The lowest BCUT2D eigenvalue weighted by Crippen LogP contribution is -2.50. The monoisotopic (exact) mass is 502 g/mol. The van der Waals surface area contributed by atoms with E-state index in [1.807, 2.05) is 28.0 Å². The molecule has 3 aliphatic heterocycles. The van der Waals surface area contributed by atoms with Crippen molar-refractivity contribution >= 4 is 40.5 Å². The molecule has 0 spiro atoms. The van der Waals surface area contributed by atoms with Gasteiger partial charge < -0.3 is 19.5 Å². The molecule has 2 N–H and O–H groups in total. The van der Waals surface area contributed by atoms with E-state index < -0.39 is 0 Å². The van der Waals surface area contributed by atoms with Crippen LogP contribution in [0.25, 0.3) is 11.0 Å². The molecular weight excluding hydrogens is 472 g/mol. The summed E-state index contributed by atoms with van der Waals surface area (Å²) < 4.78 is 7.36. The maximum Gasteiger partial charge on any atom is 0.325 e. The lowest BCUT2D eigenvalue weighted by atomic mass is 10.1. The summed E-state index contributed by atoms with van der Waals surface area (Å²) in [6.45, 7) is 5.06. The first-order valence-electron chi connectivity index (χ1n) is 12.9. The number of aromatic nitrogens is 2. The van der Waals surface area contributed by atoms with Crippen LogP contribution in [-0.2, 0) is 4.74 Å². The van der Waals surface area contributed by atoms with Crippen molar-refractivity contribution in [2.45, 2.75) is 38.3 Å². The lowest BCUT2D eigenvalue weighted by molar-refractivity contribution is -0.0433. The van der Waals surface area contributed by atoms with E-state index in [2.05, 4.69) is 22.1 Å². The number of ether oxygens (including phenoxy) is 1. The Balaban J connectivity index is 1.42. The van der Waals surface area contributed by atoms with Crippen LogP contribution >= 0.6 is 0 Å². The van der Waals surface area contributed by atoms with Crippen molar-refractivity contribution in [3.8, 4) is 0 Å². The topological polar surface area (TPSA) is 109 Å². The second-order valence-electron chi connectivity index (χ2n) is 9.90. The Morgan fingerprint density at radius 1 is 0.973 bits per heavy atom. The fraction of sp³-hybridized carbons (Fsp3) is 0.407. The van der Waals surface area contributed by atoms with Crippen molar-refractivity contribution < 1.29 is 19.1 Å². The Hall–Kier alpha value is -3.92. The number of nitrogens with zero attached hydrogens (tertiary/aromatic N) is 4. The third-order valence-corrected chi connectivity index (χ3v) is 7.47. The molecule has 0 aliphatic carbocycles. The molecule has 6 rings (SSSR count). The van der Waals surface area contributed by atoms with Gasteiger partial charge in [-0.1, -0.05) is 12.1 Å². The molecule has 2 bridgehead atoms. The Morgan fingerprint density at radius 3 is 2.54 bits per heavy atom. The Morgan fingerprint density at radius 2 is 1.76 bits per heavy atom. The van der Waals surface area contributed by atoms with E-state index >= 15 is 0 Å². The van der Waals surface area contributed by atoms with Crippen LogP contribution < -0.4 is 15.5 Å². The van der Waals surface area contributed by atoms with Crippen LogP contribution in [0.3, 0.4) is 0 Å². The summed E-state index contributed by atoms with van der Waals surface area (Å²) >= 11 is 0. The van der Waals surface area contributed by atoms with E-state index in [1.165, 1.54) is 0 Å². The van der Waals surface area contributed by atoms with Gasteiger partial charge >= 0.3 is 6.03 Å². The number of carbonyl (C=O) groups is 3. The Kier molecular flexibility index (Phi) is 6.03. The second-order valence-corrected chi connectivity index (χ2v) is 9.90. The highest BCUT2D eigenvalue weighted by atomic mass is 16.5. The third kappa shape index (κ3) is 4.21. The maximum absolute atomic E-state index is 13.4. The standard InChI is InChI=1S/C27H30N6O4/c1-17-6-2-3-11-28-24(34)18-7-4-8-19(14-18)25(35)30-26-29-21-9-5-10-22(23(21)33(17)26)32-13-12-31(27(32)36)20-15-37-16-20/h4-5,7-10,14,17,20H,2-3,6,11-13,15-16H2,1H3,(H,28,34)(H,29,30,35)/t17-/m1/s1.